The van der Waals surface area contributed by atoms with Crippen LogP contribution in [0.15, 0.2) is 152 Å². The predicted octanol–water partition coefficient (Wildman–Crippen LogP) is 12.8. The number of aromatic nitrogens is 8. The quantitative estimate of drug-likeness (QED) is 0.105. The fourth-order valence-electron chi connectivity index (χ4n) is 6.71. The minimum atomic E-state index is -0.598. The molecule has 0 amide bonds. The summed E-state index contributed by atoms with van der Waals surface area (Å²) >= 11 is 15.8. The molecule has 0 saturated carbocycles. The lowest BCUT2D eigenvalue weighted by Crippen LogP contribution is -2.16. The highest BCUT2D eigenvalue weighted by atomic mass is 79.9. The first-order valence-corrected chi connectivity index (χ1v) is 23.0. The number of imidazole rings is 2. The monoisotopic (exact) mass is 1020 g/mol. The van der Waals surface area contributed by atoms with E-state index in [1.807, 2.05) is 100 Å². The van der Waals surface area contributed by atoms with Crippen molar-refractivity contribution in [3.05, 3.63) is 176 Å². The van der Waals surface area contributed by atoms with Crippen LogP contribution in [-0.4, -0.2) is 52.1 Å². The van der Waals surface area contributed by atoms with E-state index < -0.39 is 11.5 Å². The van der Waals surface area contributed by atoms with Gasteiger partial charge in [-0.05, 0) is 99.5 Å². The molecule has 4 aromatic heterocycles. The molecule has 0 aliphatic rings. The van der Waals surface area contributed by atoms with Crippen LogP contribution in [0.2, 0.25) is 10.0 Å². The lowest BCUT2D eigenvalue weighted by molar-refractivity contribution is 0.242. The van der Waals surface area contributed by atoms with Crippen molar-refractivity contribution in [1.82, 2.24) is 39.9 Å². The van der Waals surface area contributed by atoms with Crippen LogP contribution in [0.1, 0.15) is 46.2 Å². The number of aromatic amines is 3. The third-order valence-electron chi connectivity index (χ3n) is 9.85. The number of H-pyrrole nitrogens is 3. The van der Waals surface area contributed by atoms with Gasteiger partial charge >= 0.3 is 11.5 Å². The standard InChI is InChI=1S/C25H21ClN4O3.C14H11BrN2.C11H11ClN2O3.CH4/c1-15(2)32-22-12-11-18(13-19(22)26)24-29-30(25(31)33-24)14-16-7-9-17(10-8-16)23-27-20-5-3-4-6-21(20)28-23;15-9-10-5-7-11(8-6-10)14-16-12-3-1-2-4-13(12)17-14;1-6(2)16-9-4-3-7(5-8(9)12)10-13-14-11(15)17-10;/h3-13,15H,14H2,1-2H3,(H,27,28);1-8H,9H2,(H,16,17);3-6H,1-2H3,(H,14,15);1H4. The summed E-state index contributed by atoms with van der Waals surface area (Å²) in [6.07, 6.45) is 0.0467. The Morgan fingerprint density at radius 3 is 1.53 bits per heavy atom. The van der Waals surface area contributed by atoms with E-state index in [4.69, 9.17) is 41.5 Å². The summed E-state index contributed by atoms with van der Waals surface area (Å²) in [5.41, 5.74) is 9.47. The highest BCUT2D eigenvalue weighted by Crippen LogP contribution is 2.31. The molecule has 14 nitrogen and oxygen atoms in total. The van der Waals surface area contributed by atoms with Gasteiger partial charge in [-0.2, -0.15) is 4.68 Å². The van der Waals surface area contributed by atoms with Crippen molar-refractivity contribution in [2.45, 2.75) is 59.2 Å². The predicted molar refractivity (Wildman–Crippen MR) is 272 cm³/mol. The third-order valence-corrected chi connectivity index (χ3v) is 11.1. The Hall–Kier alpha value is -7.20. The first-order chi connectivity index (χ1) is 32.4. The molecule has 0 unspecified atom stereocenters. The van der Waals surface area contributed by atoms with Gasteiger partial charge in [0.25, 0.3) is 0 Å². The molecule has 0 saturated heterocycles. The molecule has 17 heteroatoms. The highest BCUT2D eigenvalue weighted by molar-refractivity contribution is 9.08. The maximum absolute atomic E-state index is 12.4. The zero-order valence-electron chi connectivity index (χ0n) is 36.6. The van der Waals surface area contributed by atoms with E-state index in [1.54, 1.807) is 36.4 Å². The number of benzene rings is 6. The summed E-state index contributed by atoms with van der Waals surface area (Å²) < 4.78 is 22.6. The first-order valence-electron chi connectivity index (χ1n) is 21.1. The molecule has 10 aromatic rings. The minimum absolute atomic E-state index is 0. The van der Waals surface area contributed by atoms with Crippen LogP contribution >= 0.6 is 39.1 Å². The highest BCUT2D eigenvalue weighted by Gasteiger charge is 2.15. The molecular weight excluding hydrogens is 971 g/mol. The van der Waals surface area contributed by atoms with Gasteiger partial charge in [-0.25, -0.2) is 24.7 Å². The van der Waals surface area contributed by atoms with Crippen molar-refractivity contribution in [2.75, 3.05) is 0 Å². The van der Waals surface area contributed by atoms with Crippen LogP contribution in [0.5, 0.6) is 11.5 Å². The number of para-hydroxylation sites is 4. The fraction of sp³-hybridized carbons (Fsp3) is 0.176. The van der Waals surface area contributed by atoms with Crippen LogP contribution in [0.3, 0.4) is 0 Å². The first kappa shape index (κ1) is 48.7. The topological polar surface area (TPSA) is 183 Å². The molecule has 3 N–H and O–H groups in total. The van der Waals surface area contributed by atoms with E-state index in [0.29, 0.717) is 32.7 Å². The average molecular weight is 1020 g/mol. The molecule has 6 aromatic carbocycles. The number of alkyl halides is 1. The second-order valence-corrected chi connectivity index (χ2v) is 17.0. The van der Waals surface area contributed by atoms with Gasteiger partial charge in [0, 0.05) is 27.6 Å². The molecule has 0 aliphatic carbocycles. The van der Waals surface area contributed by atoms with E-state index in [9.17, 15) is 9.59 Å². The van der Waals surface area contributed by atoms with Gasteiger partial charge in [-0.1, -0.05) is 119 Å². The Balaban J connectivity index is 0.000000165. The molecular formula is C51H47BrCl2N8O6. The van der Waals surface area contributed by atoms with Crippen molar-refractivity contribution in [1.29, 1.82) is 0 Å². The number of ether oxygens (including phenoxy) is 2. The second kappa shape index (κ2) is 22.1. The molecule has 0 bridgehead atoms. The Morgan fingerprint density at radius 1 is 0.618 bits per heavy atom. The lowest BCUT2D eigenvalue weighted by atomic mass is 10.1. The Kier molecular flexibility index (Phi) is 15.8. The Bertz CT molecular complexity index is 3310. The van der Waals surface area contributed by atoms with E-state index in [0.717, 1.165) is 55.7 Å². The lowest BCUT2D eigenvalue weighted by Gasteiger charge is -2.11. The number of halogens is 3. The van der Waals surface area contributed by atoms with Crippen LogP contribution in [0, 0.1) is 0 Å². The second-order valence-electron chi connectivity index (χ2n) is 15.6. The zero-order valence-corrected chi connectivity index (χ0v) is 39.7. The van der Waals surface area contributed by atoms with E-state index in [-0.39, 0.29) is 38.0 Å². The molecule has 0 fully saturated rings. The largest absolute Gasteiger partial charge is 0.489 e. The summed E-state index contributed by atoms with van der Waals surface area (Å²) in [6, 6.07) is 42.4. The number of nitrogens with zero attached hydrogens (tertiary/aromatic N) is 5. The van der Waals surface area contributed by atoms with Gasteiger partial charge in [0.1, 0.15) is 23.1 Å². The molecule has 0 aliphatic heterocycles. The zero-order chi connectivity index (χ0) is 47.0. The van der Waals surface area contributed by atoms with Crippen LogP contribution in [-0.2, 0) is 11.9 Å². The number of nitrogens with one attached hydrogen (secondary N) is 3. The Labute approximate surface area is 409 Å². The summed E-state index contributed by atoms with van der Waals surface area (Å²) in [4.78, 5) is 39.0. The van der Waals surface area contributed by atoms with Crippen LogP contribution < -0.4 is 21.0 Å². The van der Waals surface area contributed by atoms with Gasteiger partial charge in [0.15, 0.2) is 0 Å². The molecule has 68 heavy (non-hydrogen) atoms. The normalized spacial score (nSPS) is 11.0. The van der Waals surface area contributed by atoms with Crippen LogP contribution in [0.25, 0.3) is 67.8 Å². The molecule has 0 spiro atoms. The molecule has 0 atom stereocenters. The average Bonchev–Trinajstić information content (AvgIpc) is 4.14. The maximum Gasteiger partial charge on any atom is 0.437 e. The number of rotatable bonds is 11. The van der Waals surface area contributed by atoms with E-state index in [2.05, 4.69) is 75.4 Å². The maximum atomic E-state index is 12.4. The van der Waals surface area contributed by atoms with Crippen molar-refractivity contribution >= 4 is 61.2 Å². The fourth-order valence-corrected chi connectivity index (χ4v) is 7.54. The third kappa shape index (κ3) is 12.0. The minimum Gasteiger partial charge on any atom is -0.489 e. The SMILES string of the molecule is BrCc1ccc(-c2nc3ccccc3[nH]2)cc1.C.CC(C)Oc1ccc(-c2n[nH]c(=O)o2)cc1Cl.CC(C)Oc1ccc(-c2nn(Cc3ccc(-c4nc5ccccc5[nH]4)cc3)c(=O)o2)cc1Cl. The van der Waals surface area contributed by atoms with Crippen molar-refractivity contribution < 1.29 is 18.3 Å². The number of hydrogen-bond donors (Lipinski definition) is 3. The molecule has 348 valence electrons. The smallest absolute Gasteiger partial charge is 0.437 e. The van der Waals surface area contributed by atoms with Gasteiger partial charge < -0.3 is 28.3 Å². The van der Waals surface area contributed by atoms with Gasteiger partial charge in [0.05, 0.1) is 50.9 Å². The van der Waals surface area contributed by atoms with E-state index in [1.165, 1.54) is 10.2 Å². The van der Waals surface area contributed by atoms with Gasteiger partial charge in [-0.15, -0.1) is 10.2 Å². The number of fused-ring (bicyclic) bond motifs is 2. The van der Waals surface area contributed by atoms with E-state index >= 15 is 0 Å². The molecule has 4 heterocycles. The Morgan fingerprint density at radius 2 is 1.09 bits per heavy atom. The van der Waals surface area contributed by atoms with Crippen LogP contribution in [0.4, 0.5) is 0 Å². The summed E-state index contributed by atoms with van der Waals surface area (Å²) in [7, 11) is 0. The van der Waals surface area contributed by atoms with Gasteiger partial charge in [0.2, 0.25) is 11.8 Å². The molecule has 10 rings (SSSR count). The number of hydrogen-bond acceptors (Lipinski definition) is 10. The van der Waals surface area contributed by atoms with Gasteiger partial charge in [-0.3, -0.25) is 0 Å². The summed E-state index contributed by atoms with van der Waals surface area (Å²) in [5.74, 6) is 2.15. The van der Waals surface area contributed by atoms with Crippen molar-refractivity contribution in [3.63, 3.8) is 0 Å². The summed E-state index contributed by atoms with van der Waals surface area (Å²) in [6.45, 7) is 7.96. The van der Waals surface area contributed by atoms with Crippen molar-refractivity contribution in [2.24, 2.45) is 0 Å². The summed E-state index contributed by atoms with van der Waals surface area (Å²) in [5, 5.41) is 12.0. The molecule has 0 radical (unpaired) electrons. The van der Waals surface area contributed by atoms with Crippen molar-refractivity contribution in [3.8, 4) is 57.2 Å².